The molecule has 1 aliphatic rings. The molecule has 0 aliphatic carbocycles. The molecule has 0 bridgehead atoms. The van der Waals surface area contributed by atoms with Crippen molar-refractivity contribution in [3.05, 3.63) is 17.5 Å². The van der Waals surface area contributed by atoms with Crippen molar-refractivity contribution < 1.29 is 0 Å². The van der Waals surface area contributed by atoms with Gasteiger partial charge in [0.2, 0.25) is 5.95 Å². The molecule has 14 heavy (non-hydrogen) atoms. The summed E-state index contributed by atoms with van der Waals surface area (Å²) in [5.74, 6) is 0.996. The predicted octanol–water partition coefficient (Wildman–Crippen LogP) is -0.348. The van der Waals surface area contributed by atoms with Gasteiger partial charge in [0.25, 0.3) is 5.78 Å². The number of hydrogen-bond acceptors (Lipinski definition) is 5. The molecule has 2 aromatic heterocycles. The third-order valence-corrected chi connectivity index (χ3v) is 2.51. The molecule has 0 saturated heterocycles. The lowest BCUT2D eigenvalue weighted by Gasteiger charge is -2.03. The molecular formula is C8H10N6. The molecule has 2 aromatic rings. The second-order valence-electron chi connectivity index (χ2n) is 3.60. The minimum atomic E-state index is 0.416. The van der Waals surface area contributed by atoms with Gasteiger partial charge in [-0.05, 0) is 7.05 Å². The molecule has 2 N–H and O–H groups in total. The molecule has 0 atom stereocenters. The fourth-order valence-corrected chi connectivity index (χ4v) is 1.89. The summed E-state index contributed by atoms with van der Waals surface area (Å²) in [6.07, 6.45) is 1.85. The van der Waals surface area contributed by atoms with E-state index in [1.165, 1.54) is 5.56 Å². The summed E-state index contributed by atoms with van der Waals surface area (Å²) in [6, 6.07) is 0. The van der Waals surface area contributed by atoms with Crippen LogP contribution in [-0.4, -0.2) is 31.5 Å². The van der Waals surface area contributed by atoms with E-state index in [0.29, 0.717) is 11.7 Å². The van der Waals surface area contributed by atoms with E-state index in [1.807, 2.05) is 10.6 Å². The van der Waals surface area contributed by atoms with Gasteiger partial charge < -0.3 is 5.73 Å². The van der Waals surface area contributed by atoms with Gasteiger partial charge in [-0.25, -0.2) is 9.38 Å². The van der Waals surface area contributed by atoms with Gasteiger partial charge in [0.05, 0.1) is 0 Å². The molecule has 0 unspecified atom stereocenters. The molecule has 0 fully saturated rings. The Morgan fingerprint density at radius 1 is 1.36 bits per heavy atom. The standard InChI is InChI=1S/C8H10N6/c1-13-3-5-2-10-8-12-11-7(9)14(8)6(5)4-13/h2H,3-4H2,1H3,(H2,9,11). The monoisotopic (exact) mass is 190 g/mol. The van der Waals surface area contributed by atoms with Gasteiger partial charge in [0, 0.05) is 30.5 Å². The molecule has 0 saturated carbocycles. The Morgan fingerprint density at radius 2 is 2.21 bits per heavy atom. The number of aromatic nitrogens is 4. The topological polar surface area (TPSA) is 72.3 Å². The van der Waals surface area contributed by atoms with Crippen molar-refractivity contribution in [1.29, 1.82) is 0 Å². The second kappa shape index (κ2) is 2.42. The highest BCUT2D eigenvalue weighted by molar-refractivity contribution is 5.41. The number of anilines is 1. The van der Waals surface area contributed by atoms with Crippen molar-refractivity contribution >= 4 is 11.7 Å². The quantitative estimate of drug-likeness (QED) is 0.614. The lowest BCUT2D eigenvalue weighted by atomic mass is 10.3. The van der Waals surface area contributed by atoms with Gasteiger partial charge in [-0.3, -0.25) is 4.90 Å². The Kier molecular flexibility index (Phi) is 1.33. The molecule has 0 aromatic carbocycles. The van der Waals surface area contributed by atoms with Crippen molar-refractivity contribution in [2.45, 2.75) is 13.1 Å². The fraction of sp³-hybridized carbons (Fsp3) is 0.375. The van der Waals surface area contributed by atoms with Crippen LogP contribution in [0.5, 0.6) is 0 Å². The molecule has 72 valence electrons. The Hall–Kier alpha value is -1.69. The number of nitrogens with zero attached hydrogens (tertiary/aromatic N) is 5. The third-order valence-electron chi connectivity index (χ3n) is 2.51. The summed E-state index contributed by atoms with van der Waals surface area (Å²) in [7, 11) is 2.06. The van der Waals surface area contributed by atoms with E-state index in [9.17, 15) is 0 Å². The predicted molar refractivity (Wildman–Crippen MR) is 50.4 cm³/mol. The SMILES string of the molecule is CN1Cc2cnc3nnc(N)n3c2C1. The molecule has 1 aliphatic heterocycles. The van der Waals surface area contributed by atoms with Crippen molar-refractivity contribution in [1.82, 2.24) is 24.5 Å². The minimum absolute atomic E-state index is 0.416. The summed E-state index contributed by atoms with van der Waals surface area (Å²) in [5.41, 5.74) is 8.08. The summed E-state index contributed by atoms with van der Waals surface area (Å²) in [5, 5.41) is 7.69. The fourth-order valence-electron chi connectivity index (χ4n) is 1.89. The highest BCUT2D eigenvalue weighted by Crippen LogP contribution is 2.22. The van der Waals surface area contributed by atoms with Crippen LogP contribution in [0.25, 0.3) is 5.78 Å². The van der Waals surface area contributed by atoms with Crippen molar-refractivity contribution in [3.8, 4) is 0 Å². The molecule has 6 nitrogen and oxygen atoms in total. The normalized spacial score (nSPS) is 16.4. The number of nitrogens with two attached hydrogens (primary N) is 1. The van der Waals surface area contributed by atoms with Crippen LogP contribution in [-0.2, 0) is 13.1 Å². The largest absolute Gasteiger partial charge is 0.368 e. The highest BCUT2D eigenvalue weighted by atomic mass is 15.3. The zero-order chi connectivity index (χ0) is 9.71. The van der Waals surface area contributed by atoms with E-state index in [2.05, 4.69) is 27.1 Å². The Balaban J connectivity index is 2.37. The van der Waals surface area contributed by atoms with Crippen LogP contribution in [0.3, 0.4) is 0 Å². The molecule has 0 spiro atoms. The smallest absolute Gasteiger partial charge is 0.256 e. The van der Waals surface area contributed by atoms with Crippen LogP contribution in [0, 0.1) is 0 Å². The highest BCUT2D eigenvalue weighted by Gasteiger charge is 2.20. The summed E-state index contributed by atoms with van der Waals surface area (Å²) < 4.78 is 1.82. The molecule has 0 radical (unpaired) electrons. The van der Waals surface area contributed by atoms with E-state index >= 15 is 0 Å². The van der Waals surface area contributed by atoms with Crippen molar-refractivity contribution in [3.63, 3.8) is 0 Å². The van der Waals surface area contributed by atoms with Crippen LogP contribution in [0.4, 0.5) is 5.95 Å². The van der Waals surface area contributed by atoms with Gasteiger partial charge >= 0.3 is 0 Å². The lowest BCUT2D eigenvalue weighted by Crippen LogP contribution is -2.09. The van der Waals surface area contributed by atoms with E-state index in [1.54, 1.807) is 0 Å². The summed E-state index contributed by atoms with van der Waals surface area (Å²) in [6.45, 7) is 1.78. The average molecular weight is 190 g/mol. The average Bonchev–Trinajstić information content (AvgIpc) is 2.68. The number of hydrogen-bond donors (Lipinski definition) is 1. The van der Waals surface area contributed by atoms with E-state index in [4.69, 9.17) is 5.73 Å². The Labute approximate surface area is 80.4 Å². The second-order valence-corrected chi connectivity index (χ2v) is 3.60. The van der Waals surface area contributed by atoms with Crippen LogP contribution in [0.15, 0.2) is 6.20 Å². The first-order valence-corrected chi connectivity index (χ1v) is 4.41. The van der Waals surface area contributed by atoms with Gasteiger partial charge in [-0.15, -0.1) is 10.2 Å². The van der Waals surface area contributed by atoms with Gasteiger partial charge in [0.1, 0.15) is 0 Å². The summed E-state index contributed by atoms with van der Waals surface area (Å²) in [4.78, 5) is 6.39. The molecule has 0 amide bonds. The van der Waals surface area contributed by atoms with Crippen molar-refractivity contribution in [2.24, 2.45) is 0 Å². The number of nitrogen functional groups attached to an aromatic ring is 1. The van der Waals surface area contributed by atoms with Crippen LogP contribution in [0.1, 0.15) is 11.3 Å². The molecule has 3 heterocycles. The van der Waals surface area contributed by atoms with Crippen LogP contribution >= 0.6 is 0 Å². The summed E-state index contributed by atoms with van der Waals surface area (Å²) >= 11 is 0. The minimum Gasteiger partial charge on any atom is -0.368 e. The maximum absolute atomic E-state index is 5.73. The molecular weight excluding hydrogens is 180 g/mol. The van der Waals surface area contributed by atoms with E-state index in [-0.39, 0.29) is 0 Å². The van der Waals surface area contributed by atoms with Crippen molar-refractivity contribution in [2.75, 3.05) is 12.8 Å². The zero-order valence-electron chi connectivity index (χ0n) is 7.80. The first kappa shape index (κ1) is 7.69. The maximum Gasteiger partial charge on any atom is 0.256 e. The van der Waals surface area contributed by atoms with Crippen LogP contribution < -0.4 is 5.73 Å². The van der Waals surface area contributed by atoms with Gasteiger partial charge in [0.15, 0.2) is 0 Å². The zero-order valence-corrected chi connectivity index (χ0v) is 7.80. The van der Waals surface area contributed by atoms with Gasteiger partial charge in [-0.2, -0.15) is 0 Å². The van der Waals surface area contributed by atoms with E-state index < -0.39 is 0 Å². The molecule has 6 heteroatoms. The lowest BCUT2D eigenvalue weighted by molar-refractivity contribution is 0.350. The molecule has 3 rings (SSSR count). The number of rotatable bonds is 0. The third kappa shape index (κ3) is 0.856. The Bertz CT molecular complexity index is 502. The maximum atomic E-state index is 5.73. The van der Waals surface area contributed by atoms with E-state index in [0.717, 1.165) is 18.8 Å². The van der Waals surface area contributed by atoms with Crippen LogP contribution in [0.2, 0.25) is 0 Å². The van der Waals surface area contributed by atoms with Gasteiger partial charge in [-0.1, -0.05) is 0 Å². The first-order chi connectivity index (χ1) is 6.75. The first-order valence-electron chi connectivity index (χ1n) is 4.41. The number of fused-ring (bicyclic) bond motifs is 3. The Morgan fingerprint density at radius 3 is 3.07 bits per heavy atom.